The summed E-state index contributed by atoms with van der Waals surface area (Å²) in [7, 11) is 8.63. The normalized spacial score (nSPS) is 9.17. The van der Waals surface area contributed by atoms with Gasteiger partial charge in [0.2, 0.25) is 0 Å². The van der Waals surface area contributed by atoms with E-state index in [9.17, 15) is 0 Å². The first-order chi connectivity index (χ1) is 2.64. The molecule has 0 fully saturated rings. The van der Waals surface area contributed by atoms with Crippen molar-refractivity contribution in [2.45, 2.75) is 0 Å². The quantitative estimate of drug-likeness (QED) is 0.493. The average molecular weight is 208 g/mol. The molecule has 0 aliphatic carbocycles. The molecule has 3 nitrogen and oxygen atoms in total. The Bertz CT molecular complexity index is 87.7. The SMILES string of the molecule is O[N](O)[Mo](=[S])=[S]. The fraction of sp³-hybridized carbons (Fsp3) is 0. The van der Waals surface area contributed by atoms with Crippen molar-refractivity contribution in [1.29, 1.82) is 0 Å². The van der Waals surface area contributed by atoms with E-state index in [1.807, 2.05) is 0 Å². The van der Waals surface area contributed by atoms with E-state index < -0.39 is 13.9 Å². The fourth-order valence-corrected chi connectivity index (χ4v) is 0. The van der Waals surface area contributed by atoms with Gasteiger partial charge in [0.05, 0.1) is 0 Å². The summed E-state index contributed by atoms with van der Waals surface area (Å²) in [5, 5.41) is 15.8. The van der Waals surface area contributed by atoms with E-state index in [1.165, 1.54) is 0 Å². The van der Waals surface area contributed by atoms with Crippen LogP contribution < -0.4 is 0 Å². The van der Waals surface area contributed by atoms with Gasteiger partial charge in [0.25, 0.3) is 0 Å². The molecular weight excluding hydrogens is 206 g/mol. The first kappa shape index (κ1) is 7.01. The van der Waals surface area contributed by atoms with Crippen molar-refractivity contribution < 1.29 is 24.3 Å². The van der Waals surface area contributed by atoms with Crippen LogP contribution in [-0.2, 0) is 13.9 Å². The van der Waals surface area contributed by atoms with Gasteiger partial charge < -0.3 is 0 Å². The molecule has 0 aromatic carbocycles. The van der Waals surface area contributed by atoms with E-state index in [-0.39, 0.29) is 3.79 Å². The van der Waals surface area contributed by atoms with E-state index >= 15 is 0 Å². The third-order valence-electron chi connectivity index (χ3n) is 0.133. The Morgan fingerprint density at radius 3 is 1.50 bits per heavy atom. The number of hydrogen-bond acceptors (Lipinski definition) is 4. The van der Waals surface area contributed by atoms with E-state index in [0.29, 0.717) is 0 Å². The van der Waals surface area contributed by atoms with Crippen molar-refractivity contribution in [2.75, 3.05) is 0 Å². The van der Waals surface area contributed by atoms with Crippen molar-refractivity contribution in [3.05, 3.63) is 0 Å². The van der Waals surface area contributed by atoms with E-state index in [0.717, 1.165) is 0 Å². The van der Waals surface area contributed by atoms with Gasteiger partial charge in [0.15, 0.2) is 0 Å². The molecule has 0 aromatic heterocycles. The van der Waals surface area contributed by atoms with Crippen molar-refractivity contribution in [3.63, 3.8) is 0 Å². The third-order valence-corrected chi connectivity index (χ3v) is 2.37. The topological polar surface area (TPSA) is 43.7 Å². The average Bonchev–Trinajstić information content (AvgIpc) is 1.36. The second-order valence-electron chi connectivity index (χ2n) is 0.470. The van der Waals surface area contributed by atoms with E-state index in [2.05, 4.69) is 19.6 Å². The zero-order chi connectivity index (χ0) is 5.15. The Kier molecular flexibility index (Phi) is 3.58. The van der Waals surface area contributed by atoms with Gasteiger partial charge in [-0.3, -0.25) is 0 Å². The summed E-state index contributed by atoms with van der Waals surface area (Å²) in [4.78, 5) is 0. The Morgan fingerprint density at radius 1 is 1.33 bits per heavy atom. The maximum absolute atomic E-state index is 7.89. The van der Waals surface area contributed by atoms with Crippen LogP contribution in [0.4, 0.5) is 0 Å². The van der Waals surface area contributed by atoms with Crippen molar-refractivity contribution in [1.82, 2.24) is 3.79 Å². The minimum atomic E-state index is -2.38. The molecule has 0 heterocycles. The summed E-state index contributed by atoms with van der Waals surface area (Å²) in [5.74, 6) is 0. The molecule has 6 heteroatoms. The molecule has 0 spiro atoms. The van der Waals surface area contributed by atoms with Crippen LogP contribution in [-0.4, -0.2) is 14.2 Å². The van der Waals surface area contributed by atoms with Crippen LogP contribution in [0.5, 0.6) is 0 Å². The molecule has 0 bridgehead atoms. The Labute approximate surface area is 47.8 Å². The van der Waals surface area contributed by atoms with Crippen molar-refractivity contribution in [3.8, 4) is 0 Å². The van der Waals surface area contributed by atoms with Crippen molar-refractivity contribution >= 4 is 19.6 Å². The van der Waals surface area contributed by atoms with Gasteiger partial charge in [-0.15, -0.1) is 0 Å². The molecule has 2 N–H and O–H groups in total. The summed E-state index contributed by atoms with van der Waals surface area (Å²) < 4.78 is -0.0337. The third kappa shape index (κ3) is 3.21. The van der Waals surface area contributed by atoms with Gasteiger partial charge in [0, 0.05) is 0 Å². The molecular formula is H2MoNO2S2. The van der Waals surface area contributed by atoms with Gasteiger partial charge >= 0.3 is 47.8 Å². The Hall–Kier alpha value is 1.01. The van der Waals surface area contributed by atoms with Gasteiger partial charge in [-0.2, -0.15) is 0 Å². The predicted molar refractivity (Wildman–Crippen MR) is 20.6 cm³/mol. The molecule has 0 aliphatic rings. The molecule has 37 valence electrons. The number of rotatable bonds is 1. The van der Waals surface area contributed by atoms with Crippen LogP contribution >= 0.6 is 19.6 Å². The molecule has 0 radical (unpaired) electrons. The Balaban J connectivity index is 3.57. The van der Waals surface area contributed by atoms with Crippen LogP contribution in [0.25, 0.3) is 0 Å². The second kappa shape index (κ2) is 3.07. The molecule has 0 aliphatic heterocycles. The van der Waals surface area contributed by atoms with Gasteiger partial charge in [0.1, 0.15) is 0 Å². The number of hydrogen-bond donors (Lipinski definition) is 2. The molecule has 0 aromatic rings. The van der Waals surface area contributed by atoms with Crippen LogP contribution in [0.15, 0.2) is 0 Å². The van der Waals surface area contributed by atoms with Gasteiger partial charge in [-0.25, -0.2) is 0 Å². The van der Waals surface area contributed by atoms with Crippen LogP contribution in [0.3, 0.4) is 0 Å². The van der Waals surface area contributed by atoms with E-state index in [4.69, 9.17) is 10.4 Å². The second-order valence-corrected chi connectivity index (χ2v) is 7.32. The monoisotopic (exact) mass is 210 g/mol. The minimum absolute atomic E-state index is 0.0337. The maximum atomic E-state index is 7.89. The molecule has 0 saturated heterocycles. The molecule has 6 heavy (non-hydrogen) atoms. The van der Waals surface area contributed by atoms with E-state index in [1.54, 1.807) is 0 Å². The molecule has 0 saturated carbocycles. The molecule has 0 atom stereocenters. The summed E-state index contributed by atoms with van der Waals surface area (Å²) in [6.07, 6.45) is 0. The molecule has 0 amide bonds. The predicted octanol–water partition coefficient (Wildman–Crippen LogP) is 0.825. The molecule has 0 unspecified atom stereocenters. The summed E-state index contributed by atoms with van der Waals surface area (Å²) in [6.45, 7) is 0. The fourth-order valence-electron chi connectivity index (χ4n) is 0. The van der Waals surface area contributed by atoms with Crippen LogP contribution in [0.2, 0.25) is 0 Å². The standard InChI is InChI=1S/Mo.H2NO2.2S/c;2-1-3;;/h;2-3H;;/q+1;-1;;. The Morgan fingerprint density at radius 2 is 1.50 bits per heavy atom. The van der Waals surface area contributed by atoms with Gasteiger partial charge in [-0.1, -0.05) is 0 Å². The zero-order valence-electron chi connectivity index (χ0n) is 2.57. The first-order valence-electron chi connectivity index (χ1n) is 0.916. The summed E-state index contributed by atoms with van der Waals surface area (Å²) >= 11 is -2.38. The van der Waals surface area contributed by atoms with Crippen LogP contribution in [0.1, 0.15) is 0 Å². The zero-order valence-corrected chi connectivity index (χ0v) is 6.21. The number of nitrogens with zero attached hydrogens (tertiary/aromatic N) is 1. The molecule has 0 rings (SSSR count). The van der Waals surface area contributed by atoms with Crippen molar-refractivity contribution in [2.24, 2.45) is 0 Å². The van der Waals surface area contributed by atoms with Crippen LogP contribution in [0, 0.1) is 0 Å². The first-order valence-corrected chi connectivity index (χ1v) is 7.40. The summed E-state index contributed by atoms with van der Waals surface area (Å²) in [5.41, 5.74) is 0. The van der Waals surface area contributed by atoms with Gasteiger partial charge in [-0.05, 0) is 0 Å². The summed E-state index contributed by atoms with van der Waals surface area (Å²) in [6, 6.07) is 0.